The molecule has 0 aliphatic carbocycles. The van der Waals surface area contributed by atoms with Gasteiger partial charge in [-0.25, -0.2) is 0 Å². The van der Waals surface area contributed by atoms with Crippen molar-refractivity contribution in [3.63, 3.8) is 0 Å². The van der Waals surface area contributed by atoms with Crippen molar-refractivity contribution in [2.24, 2.45) is 11.3 Å². The highest BCUT2D eigenvalue weighted by Crippen LogP contribution is 2.30. The summed E-state index contributed by atoms with van der Waals surface area (Å²) in [6, 6.07) is 2.46. The number of nitriles is 1. The molecule has 3 nitrogen and oxygen atoms in total. The van der Waals surface area contributed by atoms with Crippen LogP contribution in [0.15, 0.2) is 0 Å². The summed E-state index contributed by atoms with van der Waals surface area (Å²) in [5, 5.41) is 18.8. The summed E-state index contributed by atoms with van der Waals surface area (Å²) in [5.74, 6) is 0.724. The van der Waals surface area contributed by atoms with E-state index >= 15 is 0 Å². The zero-order chi connectivity index (χ0) is 15.2. The minimum atomic E-state index is -0.520. The smallest absolute Gasteiger partial charge is 0.0687 e. The number of nitrogens with zero attached hydrogens (tertiary/aromatic N) is 2. The predicted octanol–water partition coefficient (Wildman–Crippen LogP) is 3.58. The van der Waals surface area contributed by atoms with Crippen molar-refractivity contribution in [2.45, 2.75) is 71.8 Å². The maximum absolute atomic E-state index is 9.70. The van der Waals surface area contributed by atoms with Gasteiger partial charge in [0.2, 0.25) is 0 Å². The first kappa shape index (κ1) is 17.5. The molecule has 1 rings (SSSR count). The van der Waals surface area contributed by atoms with Crippen LogP contribution in [0.3, 0.4) is 0 Å². The second-order valence-corrected chi connectivity index (χ2v) is 7.61. The number of hydrogen-bond acceptors (Lipinski definition) is 3. The molecule has 0 spiro atoms. The highest BCUT2D eigenvalue weighted by Gasteiger charge is 2.29. The van der Waals surface area contributed by atoms with E-state index in [2.05, 4.69) is 24.8 Å². The zero-order valence-corrected chi connectivity index (χ0v) is 13.8. The maximum Gasteiger partial charge on any atom is 0.0687 e. The summed E-state index contributed by atoms with van der Waals surface area (Å²) in [6.07, 6.45) is 6.45. The van der Waals surface area contributed by atoms with Crippen molar-refractivity contribution >= 4 is 0 Å². The van der Waals surface area contributed by atoms with E-state index in [4.69, 9.17) is 5.26 Å². The molecule has 0 aromatic rings. The Bertz CT molecular complexity index is 319. The highest BCUT2D eigenvalue weighted by molar-refractivity contribution is 4.98. The third-order valence-electron chi connectivity index (χ3n) is 4.65. The number of hydrogen-bond donors (Lipinski definition) is 1. The molecular formula is C17H32N2O. The lowest BCUT2D eigenvalue weighted by molar-refractivity contribution is 0.0666. The summed E-state index contributed by atoms with van der Waals surface area (Å²) < 4.78 is 0. The van der Waals surface area contributed by atoms with E-state index in [9.17, 15) is 5.11 Å². The number of rotatable bonds is 7. The van der Waals surface area contributed by atoms with Crippen molar-refractivity contribution in [3.05, 3.63) is 0 Å². The van der Waals surface area contributed by atoms with Crippen molar-refractivity contribution in [3.8, 4) is 6.07 Å². The first-order valence-corrected chi connectivity index (χ1v) is 8.10. The van der Waals surface area contributed by atoms with Crippen LogP contribution in [0.2, 0.25) is 0 Å². The fourth-order valence-electron chi connectivity index (χ4n) is 2.81. The lowest BCUT2D eigenvalue weighted by Crippen LogP contribution is -2.38. The predicted molar refractivity (Wildman–Crippen MR) is 83.3 cm³/mol. The first-order valence-electron chi connectivity index (χ1n) is 8.10. The van der Waals surface area contributed by atoms with Gasteiger partial charge in [-0.2, -0.15) is 5.26 Å². The average molecular weight is 280 g/mol. The topological polar surface area (TPSA) is 47.3 Å². The molecule has 0 amide bonds. The SMILES string of the molecule is CC(CCCC(C)(C)O)CCN1CCC(C)(C#N)CC1. The van der Waals surface area contributed by atoms with Gasteiger partial charge in [-0.05, 0) is 72.0 Å². The molecule has 116 valence electrons. The largest absolute Gasteiger partial charge is 0.390 e. The van der Waals surface area contributed by atoms with E-state index in [-0.39, 0.29) is 5.41 Å². The first-order chi connectivity index (χ1) is 9.24. The average Bonchev–Trinajstić information content (AvgIpc) is 2.37. The molecule has 1 N–H and O–H groups in total. The number of piperidine rings is 1. The van der Waals surface area contributed by atoms with Crippen LogP contribution in [0.4, 0.5) is 0 Å². The van der Waals surface area contributed by atoms with Gasteiger partial charge >= 0.3 is 0 Å². The Morgan fingerprint density at radius 3 is 2.40 bits per heavy atom. The summed E-state index contributed by atoms with van der Waals surface area (Å²) in [7, 11) is 0. The maximum atomic E-state index is 9.70. The van der Waals surface area contributed by atoms with Gasteiger partial charge in [0.15, 0.2) is 0 Å². The molecule has 0 saturated carbocycles. The Morgan fingerprint density at radius 2 is 1.90 bits per heavy atom. The molecule has 0 aromatic carbocycles. The van der Waals surface area contributed by atoms with Crippen LogP contribution in [0.5, 0.6) is 0 Å². The second kappa shape index (κ2) is 7.43. The summed E-state index contributed by atoms with van der Waals surface area (Å²) in [6.45, 7) is 11.5. The number of aliphatic hydroxyl groups is 1. The van der Waals surface area contributed by atoms with Crippen molar-refractivity contribution in [1.82, 2.24) is 4.90 Å². The molecular weight excluding hydrogens is 248 g/mol. The normalized spacial score (nSPS) is 21.4. The Balaban J connectivity index is 2.14. The van der Waals surface area contributed by atoms with Crippen LogP contribution in [0.1, 0.15) is 66.2 Å². The van der Waals surface area contributed by atoms with E-state index in [1.165, 1.54) is 12.8 Å². The number of likely N-dealkylation sites (tertiary alicyclic amines) is 1. The van der Waals surface area contributed by atoms with Gasteiger partial charge in [0.05, 0.1) is 17.1 Å². The second-order valence-electron chi connectivity index (χ2n) is 7.61. The third kappa shape index (κ3) is 6.72. The van der Waals surface area contributed by atoms with E-state index in [0.717, 1.165) is 51.2 Å². The minimum absolute atomic E-state index is 0.0885. The van der Waals surface area contributed by atoms with Crippen LogP contribution in [-0.4, -0.2) is 35.2 Å². The van der Waals surface area contributed by atoms with Gasteiger partial charge in [0.1, 0.15) is 0 Å². The summed E-state index contributed by atoms with van der Waals surface area (Å²) >= 11 is 0. The lowest BCUT2D eigenvalue weighted by atomic mass is 9.82. The Hall–Kier alpha value is -0.590. The molecule has 1 aliphatic rings. The molecule has 3 heteroatoms. The minimum Gasteiger partial charge on any atom is -0.390 e. The molecule has 1 heterocycles. The molecule has 20 heavy (non-hydrogen) atoms. The van der Waals surface area contributed by atoms with Crippen molar-refractivity contribution in [2.75, 3.05) is 19.6 Å². The van der Waals surface area contributed by atoms with Gasteiger partial charge in [-0.15, -0.1) is 0 Å². The molecule has 1 aliphatic heterocycles. The molecule has 0 aromatic heterocycles. The van der Waals surface area contributed by atoms with Gasteiger partial charge in [-0.1, -0.05) is 19.8 Å². The Kier molecular flexibility index (Phi) is 6.48. The monoisotopic (exact) mass is 280 g/mol. The third-order valence-corrected chi connectivity index (χ3v) is 4.65. The van der Waals surface area contributed by atoms with Crippen LogP contribution in [0.25, 0.3) is 0 Å². The van der Waals surface area contributed by atoms with E-state index in [1.807, 2.05) is 13.8 Å². The van der Waals surface area contributed by atoms with Crippen molar-refractivity contribution in [1.29, 1.82) is 5.26 Å². The van der Waals surface area contributed by atoms with Gasteiger partial charge in [0.25, 0.3) is 0 Å². The fraction of sp³-hybridized carbons (Fsp3) is 0.941. The van der Waals surface area contributed by atoms with Crippen LogP contribution < -0.4 is 0 Å². The summed E-state index contributed by atoms with van der Waals surface area (Å²) in [5.41, 5.74) is -0.608. The van der Waals surface area contributed by atoms with E-state index in [1.54, 1.807) is 0 Å². The van der Waals surface area contributed by atoms with Crippen LogP contribution >= 0.6 is 0 Å². The van der Waals surface area contributed by atoms with Gasteiger partial charge < -0.3 is 10.0 Å². The fourth-order valence-corrected chi connectivity index (χ4v) is 2.81. The Morgan fingerprint density at radius 1 is 1.30 bits per heavy atom. The van der Waals surface area contributed by atoms with Crippen molar-refractivity contribution < 1.29 is 5.11 Å². The van der Waals surface area contributed by atoms with Crippen LogP contribution in [-0.2, 0) is 0 Å². The van der Waals surface area contributed by atoms with E-state index in [0.29, 0.717) is 0 Å². The molecule has 0 radical (unpaired) electrons. The lowest BCUT2D eigenvalue weighted by Gasteiger charge is -2.35. The zero-order valence-electron chi connectivity index (χ0n) is 13.8. The van der Waals surface area contributed by atoms with Crippen LogP contribution in [0, 0.1) is 22.7 Å². The molecule has 1 unspecified atom stereocenters. The quantitative estimate of drug-likeness (QED) is 0.775. The van der Waals surface area contributed by atoms with Gasteiger partial charge in [0, 0.05) is 0 Å². The molecule has 1 atom stereocenters. The molecule has 1 saturated heterocycles. The highest BCUT2D eigenvalue weighted by atomic mass is 16.3. The Labute approximate surface area is 125 Å². The van der Waals surface area contributed by atoms with Gasteiger partial charge in [-0.3, -0.25) is 0 Å². The summed E-state index contributed by atoms with van der Waals surface area (Å²) in [4.78, 5) is 2.51. The standard InChI is InChI=1S/C17H32N2O/c1-15(6-5-8-16(2,3)20)7-11-19-12-9-17(4,14-18)10-13-19/h15,20H,5-13H2,1-4H3. The molecule has 1 fully saturated rings. The molecule has 0 bridgehead atoms. The van der Waals surface area contributed by atoms with E-state index < -0.39 is 5.60 Å².